The number of hydrogen-bond donors (Lipinski definition) is 1. The maximum Gasteiger partial charge on any atom is 0.152 e. The molecule has 1 aliphatic rings. The van der Waals surface area contributed by atoms with Gasteiger partial charge in [-0.2, -0.15) is 0 Å². The molecule has 0 saturated heterocycles. The fraction of sp³-hybridized carbons (Fsp3) is 0.556. The lowest BCUT2D eigenvalue weighted by molar-refractivity contribution is 0.336. The second-order valence-corrected chi connectivity index (χ2v) is 6.53. The van der Waals surface area contributed by atoms with Crippen LogP contribution in [-0.4, -0.2) is 13.1 Å². The van der Waals surface area contributed by atoms with E-state index >= 15 is 0 Å². The van der Waals surface area contributed by atoms with Crippen molar-refractivity contribution in [3.63, 3.8) is 0 Å². The minimum absolute atomic E-state index is 0.523. The second-order valence-electron chi connectivity index (χ2n) is 6.12. The smallest absolute Gasteiger partial charge is 0.152 e. The predicted octanol–water partition coefficient (Wildman–Crippen LogP) is 5.36. The summed E-state index contributed by atoms with van der Waals surface area (Å²) in [7, 11) is 0. The number of benzene rings is 1. The molecule has 0 bridgehead atoms. The molecule has 0 spiro atoms. The Bertz CT molecular complexity index is 592. The fourth-order valence-electron chi connectivity index (χ4n) is 3.56. The summed E-state index contributed by atoms with van der Waals surface area (Å²) >= 11 is 6.26. The van der Waals surface area contributed by atoms with Gasteiger partial charge in [0.25, 0.3) is 0 Å². The fourth-order valence-corrected chi connectivity index (χ4v) is 3.78. The summed E-state index contributed by atoms with van der Waals surface area (Å²) in [5, 5.41) is 5.37. The molecule has 1 aromatic heterocycles. The van der Waals surface area contributed by atoms with Gasteiger partial charge in [0.05, 0.1) is 5.02 Å². The molecule has 0 amide bonds. The highest BCUT2D eigenvalue weighted by Crippen LogP contribution is 2.39. The number of nitrogens with one attached hydrogen (secondary N) is 1. The van der Waals surface area contributed by atoms with E-state index < -0.39 is 0 Å². The first-order chi connectivity index (χ1) is 10.3. The van der Waals surface area contributed by atoms with E-state index in [1.165, 1.54) is 32.1 Å². The molecular weight excluding hydrogens is 282 g/mol. The highest BCUT2D eigenvalue weighted by molar-refractivity contribution is 6.34. The van der Waals surface area contributed by atoms with Gasteiger partial charge in [-0.25, -0.2) is 0 Å². The summed E-state index contributed by atoms with van der Waals surface area (Å²) < 4.78 is 6.14. The van der Waals surface area contributed by atoms with Crippen LogP contribution < -0.4 is 5.32 Å². The monoisotopic (exact) mass is 305 g/mol. The first kappa shape index (κ1) is 14.9. The average molecular weight is 306 g/mol. The lowest BCUT2D eigenvalue weighted by Crippen LogP contribution is -2.26. The predicted molar refractivity (Wildman–Crippen MR) is 89.1 cm³/mol. The molecule has 2 aromatic rings. The SMILES string of the molecule is CCNCC1CCCCCC1c1cc2cccc(Cl)c2o1. The molecule has 1 saturated carbocycles. The van der Waals surface area contributed by atoms with Crippen LogP contribution in [0.5, 0.6) is 0 Å². The summed E-state index contributed by atoms with van der Waals surface area (Å²) in [4.78, 5) is 0. The molecule has 1 fully saturated rings. The van der Waals surface area contributed by atoms with E-state index in [4.69, 9.17) is 16.0 Å². The minimum Gasteiger partial charge on any atom is -0.459 e. The van der Waals surface area contributed by atoms with Crippen molar-refractivity contribution < 1.29 is 4.42 Å². The van der Waals surface area contributed by atoms with Crippen LogP contribution in [0.1, 0.15) is 50.7 Å². The third-order valence-corrected chi connectivity index (χ3v) is 4.99. The largest absolute Gasteiger partial charge is 0.459 e. The van der Waals surface area contributed by atoms with Gasteiger partial charge < -0.3 is 9.73 Å². The van der Waals surface area contributed by atoms with Gasteiger partial charge in [0, 0.05) is 11.3 Å². The summed E-state index contributed by atoms with van der Waals surface area (Å²) in [6.07, 6.45) is 6.52. The van der Waals surface area contributed by atoms with Crippen molar-refractivity contribution >= 4 is 22.6 Å². The normalized spacial score (nSPS) is 23.3. The van der Waals surface area contributed by atoms with Crippen LogP contribution in [0.2, 0.25) is 5.02 Å². The van der Waals surface area contributed by atoms with E-state index in [0.29, 0.717) is 11.8 Å². The molecule has 0 radical (unpaired) electrons. The van der Waals surface area contributed by atoms with Crippen LogP contribution in [-0.2, 0) is 0 Å². The van der Waals surface area contributed by atoms with E-state index in [-0.39, 0.29) is 0 Å². The first-order valence-electron chi connectivity index (χ1n) is 8.18. The van der Waals surface area contributed by atoms with Crippen molar-refractivity contribution in [1.82, 2.24) is 5.32 Å². The molecule has 1 aromatic carbocycles. The van der Waals surface area contributed by atoms with Gasteiger partial charge in [-0.05, 0) is 44.0 Å². The molecule has 21 heavy (non-hydrogen) atoms. The summed E-state index contributed by atoms with van der Waals surface area (Å²) in [6.45, 7) is 4.30. The summed E-state index contributed by atoms with van der Waals surface area (Å²) in [5.41, 5.74) is 0.848. The molecule has 0 aliphatic heterocycles. The molecule has 2 nitrogen and oxygen atoms in total. The molecule has 1 aliphatic carbocycles. The Balaban J connectivity index is 1.90. The Morgan fingerprint density at radius 2 is 2.10 bits per heavy atom. The van der Waals surface area contributed by atoms with Crippen LogP contribution >= 0.6 is 11.6 Å². The Morgan fingerprint density at radius 1 is 1.24 bits per heavy atom. The molecule has 3 rings (SSSR count). The molecule has 2 atom stereocenters. The molecule has 114 valence electrons. The van der Waals surface area contributed by atoms with E-state index in [1.807, 2.05) is 12.1 Å². The van der Waals surface area contributed by atoms with E-state index in [0.717, 1.165) is 34.8 Å². The van der Waals surface area contributed by atoms with Crippen molar-refractivity contribution in [3.8, 4) is 0 Å². The van der Waals surface area contributed by atoms with E-state index in [1.54, 1.807) is 0 Å². The van der Waals surface area contributed by atoms with Gasteiger partial charge >= 0.3 is 0 Å². The Labute approximate surface area is 131 Å². The van der Waals surface area contributed by atoms with Gasteiger partial charge in [-0.15, -0.1) is 0 Å². The molecule has 1 heterocycles. The van der Waals surface area contributed by atoms with Gasteiger partial charge in [-0.3, -0.25) is 0 Å². The summed E-state index contributed by atoms with van der Waals surface area (Å²) in [6, 6.07) is 8.19. The van der Waals surface area contributed by atoms with E-state index in [2.05, 4.69) is 24.4 Å². The van der Waals surface area contributed by atoms with Gasteiger partial charge in [-0.1, -0.05) is 49.9 Å². The number of halogens is 1. The Morgan fingerprint density at radius 3 is 2.90 bits per heavy atom. The van der Waals surface area contributed by atoms with Gasteiger partial charge in [0.15, 0.2) is 5.58 Å². The number of fused-ring (bicyclic) bond motifs is 1. The Hall–Kier alpha value is -0.990. The highest BCUT2D eigenvalue weighted by atomic mass is 35.5. The van der Waals surface area contributed by atoms with Crippen molar-refractivity contribution in [3.05, 3.63) is 35.0 Å². The van der Waals surface area contributed by atoms with Crippen LogP contribution in [0.15, 0.2) is 28.7 Å². The average Bonchev–Trinajstić information content (AvgIpc) is 2.79. The standard InChI is InChI=1S/C18H24ClNO/c1-2-20-12-14-7-4-3-5-9-15(14)17-11-13-8-6-10-16(19)18(13)21-17/h6,8,10-11,14-15,20H,2-5,7,9,12H2,1H3. The summed E-state index contributed by atoms with van der Waals surface area (Å²) in [5.74, 6) is 2.32. The zero-order valence-corrected chi connectivity index (χ0v) is 13.5. The molecular formula is C18H24ClNO. The van der Waals surface area contributed by atoms with Crippen molar-refractivity contribution in [2.45, 2.75) is 44.9 Å². The zero-order chi connectivity index (χ0) is 14.7. The van der Waals surface area contributed by atoms with E-state index in [9.17, 15) is 0 Å². The van der Waals surface area contributed by atoms with Crippen molar-refractivity contribution in [1.29, 1.82) is 0 Å². The van der Waals surface area contributed by atoms with Crippen LogP contribution in [0.3, 0.4) is 0 Å². The van der Waals surface area contributed by atoms with Crippen LogP contribution in [0.4, 0.5) is 0 Å². The lowest BCUT2D eigenvalue weighted by atomic mass is 9.86. The zero-order valence-electron chi connectivity index (χ0n) is 12.7. The molecule has 1 N–H and O–H groups in total. The second kappa shape index (κ2) is 6.85. The highest BCUT2D eigenvalue weighted by Gasteiger charge is 2.27. The van der Waals surface area contributed by atoms with Gasteiger partial charge in [0.2, 0.25) is 0 Å². The minimum atomic E-state index is 0.523. The molecule has 2 unspecified atom stereocenters. The van der Waals surface area contributed by atoms with Crippen molar-refractivity contribution in [2.24, 2.45) is 5.92 Å². The number of hydrogen-bond acceptors (Lipinski definition) is 2. The van der Waals surface area contributed by atoms with Crippen molar-refractivity contribution in [2.75, 3.05) is 13.1 Å². The van der Waals surface area contributed by atoms with Crippen LogP contribution in [0.25, 0.3) is 11.0 Å². The third kappa shape index (κ3) is 3.27. The lowest BCUT2D eigenvalue weighted by Gasteiger charge is -2.23. The number of rotatable bonds is 4. The van der Waals surface area contributed by atoms with Crippen LogP contribution in [0, 0.1) is 5.92 Å². The Kier molecular flexibility index (Phi) is 4.87. The number of furan rings is 1. The number of para-hydroxylation sites is 1. The maximum atomic E-state index is 6.26. The van der Waals surface area contributed by atoms with Gasteiger partial charge in [0.1, 0.15) is 5.76 Å². The maximum absolute atomic E-state index is 6.26. The first-order valence-corrected chi connectivity index (χ1v) is 8.56. The molecule has 3 heteroatoms. The topological polar surface area (TPSA) is 25.2 Å². The third-order valence-electron chi connectivity index (χ3n) is 4.70. The quantitative estimate of drug-likeness (QED) is 0.769.